The number of phenols is 2. The van der Waals surface area contributed by atoms with Crippen LogP contribution in [0.1, 0.15) is 106 Å². The van der Waals surface area contributed by atoms with Crippen molar-refractivity contribution in [3.63, 3.8) is 0 Å². The number of rotatable bonds is 7. The lowest BCUT2D eigenvalue weighted by molar-refractivity contribution is -0.177. The molecule has 0 aliphatic heterocycles. The van der Waals surface area contributed by atoms with Crippen LogP contribution in [0.3, 0.4) is 0 Å². The summed E-state index contributed by atoms with van der Waals surface area (Å²) in [6, 6.07) is 3.70. The first-order chi connectivity index (χ1) is 20.3. The van der Waals surface area contributed by atoms with Crippen molar-refractivity contribution in [2.24, 2.45) is 33.5 Å². The van der Waals surface area contributed by atoms with Crippen LogP contribution in [0.15, 0.2) is 58.7 Å². The first-order valence-electron chi connectivity index (χ1n) is 15.9. The number of allylic oxidation sites excluding steroid dienone is 7. The van der Waals surface area contributed by atoms with E-state index in [1.807, 2.05) is 47.6 Å². The molecular formula is C38H50O6. The maximum Gasteiger partial charge on any atom is 0.184 e. The molecule has 3 aliphatic rings. The van der Waals surface area contributed by atoms with Crippen LogP contribution in [0.4, 0.5) is 0 Å². The van der Waals surface area contributed by atoms with E-state index < -0.39 is 39.3 Å². The molecule has 4 atom stereocenters. The summed E-state index contributed by atoms with van der Waals surface area (Å²) < 4.78 is 0. The molecule has 0 saturated heterocycles. The molecule has 1 aromatic carbocycles. The zero-order chi connectivity index (χ0) is 33.0. The highest BCUT2D eigenvalue weighted by molar-refractivity contribution is 6.41. The second-order valence-corrected chi connectivity index (χ2v) is 15.3. The second kappa shape index (κ2) is 11.5. The Bertz CT molecular complexity index is 1510. The summed E-state index contributed by atoms with van der Waals surface area (Å²) in [6.45, 7) is 18.3. The molecule has 238 valence electrons. The van der Waals surface area contributed by atoms with Crippen LogP contribution in [-0.2, 0) is 14.4 Å². The van der Waals surface area contributed by atoms with Crippen molar-refractivity contribution in [2.45, 2.75) is 101 Å². The van der Waals surface area contributed by atoms with Crippen molar-refractivity contribution in [3.8, 4) is 11.5 Å². The number of aromatic hydroxyl groups is 2. The zero-order valence-electron chi connectivity index (χ0n) is 27.9. The Hall–Kier alpha value is -3.41. The molecule has 2 saturated carbocycles. The molecule has 2 fully saturated rings. The van der Waals surface area contributed by atoms with E-state index in [9.17, 15) is 24.9 Å². The number of fused-ring (bicyclic) bond motifs is 2. The number of carbonyl (C=O) groups excluding carboxylic acids is 3. The molecule has 0 spiro atoms. The third kappa shape index (κ3) is 5.39. The van der Waals surface area contributed by atoms with Gasteiger partial charge in [0.1, 0.15) is 16.7 Å². The van der Waals surface area contributed by atoms with Gasteiger partial charge >= 0.3 is 0 Å². The SMILES string of the molecule is CC(C)=CC[C@@H]1C[C@]2(C[C@H]3CCC(C)(C)C=C3C)C(=O)C(=C(O)c3ccc(O)c(O)c3)C(=O)[C@@](CC=C(C)C)(C2=O)C1(C)C. The summed E-state index contributed by atoms with van der Waals surface area (Å²) in [6.07, 6.45) is 9.37. The van der Waals surface area contributed by atoms with E-state index in [-0.39, 0.29) is 59.2 Å². The van der Waals surface area contributed by atoms with Crippen LogP contribution >= 0.6 is 0 Å². The quantitative estimate of drug-likeness (QED) is 0.0720. The van der Waals surface area contributed by atoms with Crippen molar-refractivity contribution in [3.05, 3.63) is 64.3 Å². The summed E-state index contributed by atoms with van der Waals surface area (Å²) in [5, 5.41) is 31.8. The van der Waals surface area contributed by atoms with Gasteiger partial charge in [-0.2, -0.15) is 0 Å². The van der Waals surface area contributed by atoms with Gasteiger partial charge in [0.05, 0.1) is 5.41 Å². The lowest BCUT2D eigenvalue weighted by Crippen LogP contribution is -2.70. The lowest BCUT2D eigenvalue weighted by atomic mass is 9.38. The largest absolute Gasteiger partial charge is 0.506 e. The van der Waals surface area contributed by atoms with Crippen molar-refractivity contribution in [1.82, 2.24) is 0 Å². The highest BCUT2D eigenvalue weighted by Gasteiger charge is 2.74. The summed E-state index contributed by atoms with van der Waals surface area (Å²) in [5.41, 5.74) is -1.00. The highest BCUT2D eigenvalue weighted by atomic mass is 16.3. The minimum Gasteiger partial charge on any atom is -0.506 e. The molecule has 4 rings (SSSR count). The normalized spacial score (nSPS) is 30.4. The van der Waals surface area contributed by atoms with E-state index in [0.29, 0.717) is 6.42 Å². The van der Waals surface area contributed by atoms with Gasteiger partial charge in [-0.05, 0) is 114 Å². The number of phenolic OH excluding ortho intramolecular Hbond substituents is 2. The lowest BCUT2D eigenvalue weighted by Gasteiger charge is -2.61. The Morgan fingerprint density at radius 2 is 1.57 bits per heavy atom. The third-order valence-corrected chi connectivity index (χ3v) is 10.9. The molecule has 44 heavy (non-hydrogen) atoms. The third-order valence-electron chi connectivity index (χ3n) is 10.9. The summed E-state index contributed by atoms with van der Waals surface area (Å²) in [4.78, 5) is 45.0. The van der Waals surface area contributed by atoms with Gasteiger partial charge in [0.25, 0.3) is 0 Å². The van der Waals surface area contributed by atoms with Gasteiger partial charge < -0.3 is 15.3 Å². The number of hydrogen-bond donors (Lipinski definition) is 3. The summed E-state index contributed by atoms with van der Waals surface area (Å²) in [7, 11) is 0. The number of Topliss-reactive ketones (excluding diaryl/α,β-unsaturated/α-hetero) is 3. The molecular weight excluding hydrogens is 552 g/mol. The molecule has 2 bridgehead atoms. The van der Waals surface area contributed by atoms with Crippen molar-refractivity contribution in [1.29, 1.82) is 0 Å². The Kier molecular flexibility index (Phi) is 8.75. The molecule has 1 aromatic rings. The first kappa shape index (κ1) is 33.5. The van der Waals surface area contributed by atoms with E-state index in [1.54, 1.807) is 0 Å². The molecule has 3 N–H and O–H groups in total. The van der Waals surface area contributed by atoms with Crippen LogP contribution < -0.4 is 0 Å². The predicted molar refractivity (Wildman–Crippen MR) is 174 cm³/mol. The van der Waals surface area contributed by atoms with E-state index in [1.165, 1.54) is 12.1 Å². The minimum absolute atomic E-state index is 0.0169. The van der Waals surface area contributed by atoms with Crippen molar-refractivity contribution >= 4 is 23.1 Å². The van der Waals surface area contributed by atoms with Gasteiger partial charge in [0, 0.05) is 5.56 Å². The van der Waals surface area contributed by atoms with Crippen LogP contribution in [0.2, 0.25) is 0 Å². The number of hydrogen-bond acceptors (Lipinski definition) is 6. The summed E-state index contributed by atoms with van der Waals surface area (Å²) in [5.74, 6) is -3.19. The topological polar surface area (TPSA) is 112 Å². The van der Waals surface area contributed by atoms with Gasteiger partial charge in [-0.3, -0.25) is 14.4 Å². The van der Waals surface area contributed by atoms with Gasteiger partial charge in [-0.25, -0.2) is 0 Å². The Balaban J connectivity index is 2.06. The Morgan fingerprint density at radius 1 is 0.932 bits per heavy atom. The predicted octanol–water partition coefficient (Wildman–Crippen LogP) is 8.59. The van der Waals surface area contributed by atoms with Crippen LogP contribution in [0, 0.1) is 33.5 Å². The maximum atomic E-state index is 15.2. The van der Waals surface area contributed by atoms with Gasteiger partial charge in [0.15, 0.2) is 28.8 Å². The number of aliphatic hydroxyl groups excluding tert-OH is 1. The average molecular weight is 603 g/mol. The van der Waals surface area contributed by atoms with E-state index in [0.717, 1.165) is 35.6 Å². The Labute approximate surface area is 262 Å². The molecule has 6 nitrogen and oxygen atoms in total. The minimum atomic E-state index is -1.58. The first-order valence-corrected chi connectivity index (χ1v) is 15.9. The number of aliphatic hydroxyl groups is 1. The molecule has 0 amide bonds. The zero-order valence-corrected chi connectivity index (χ0v) is 27.9. The molecule has 3 aliphatic carbocycles. The highest BCUT2D eigenvalue weighted by Crippen LogP contribution is 2.66. The van der Waals surface area contributed by atoms with E-state index in [4.69, 9.17) is 0 Å². The fourth-order valence-electron chi connectivity index (χ4n) is 8.09. The average Bonchev–Trinajstić information content (AvgIpc) is 2.91. The second-order valence-electron chi connectivity index (χ2n) is 15.3. The van der Waals surface area contributed by atoms with Gasteiger partial charge in [-0.15, -0.1) is 0 Å². The standard InChI is InChI=1S/C38H50O6/c1-22(2)10-12-27-21-37(20-26-15-16-35(6,7)19-24(26)5)32(42)30(31(41)25-11-13-28(39)29(40)18-25)33(43)38(34(37)44,36(27,8)9)17-14-23(3)4/h10-11,13-14,18-19,26-27,39-41H,12,15-17,20-21H2,1-9H3/t26-,27-,37-,38+/m1/s1. The van der Waals surface area contributed by atoms with Gasteiger partial charge in [0.2, 0.25) is 0 Å². The van der Waals surface area contributed by atoms with Crippen LogP contribution in [0.25, 0.3) is 5.76 Å². The van der Waals surface area contributed by atoms with Crippen molar-refractivity contribution < 1.29 is 29.7 Å². The number of carbonyl (C=O) groups is 3. The molecule has 0 heterocycles. The fraction of sp³-hybridized carbons (Fsp3) is 0.553. The number of benzene rings is 1. The van der Waals surface area contributed by atoms with Crippen molar-refractivity contribution in [2.75, 3.05) is 0 Å². The van der Waals surface area contributed by atoms with Crippen LogP contribution in [0.5, 0.6) is 11.5 Å². The molecule has 0 unspecified atom stereocenters. The van der Waals surface area contributed by atoms with E-state index >= 15 is 4.79 Å². The summed E-state index contributed by atoms with van der Waals surface area (Å²) >= 11 is 0. The molecule has 0 radical (unpaired) electrons. The Morgan fingerprint density at radius 3 is 2.14 bits per heavy atom. The number of ketones is 3. The van der Waals surface area contributed by atoms with Gasteiger partial charge in [-0.1, -0.05) is 62.6 Å². The van der Waals surface area contributed by atoms with E-state index in [2.05, 4.69) is 32.9 Å². The monoisotopic (exact) mass is 602 g/mol. The fourth-order valence-corrected chi connectivity index (χ4v) is 8.09. The maximum absolute atomic E-state index is 15.2. The van der Waals surface area contributed by atoms with Crippen LogP contribution in [-0.4, -0.2) is 32.7 Å². The molecule has 6 heteroatoms. The smallest absolute Gasteiger partial charge is 0.184 e. The molecule has 0 aromatic heterocycles.